The maximum atomic E-state index is 5.69. The Labute approximate surface area is 75.1 Å². The molecule has 0 aliphatic heterocycles. The van der Waals surface area contributed by atoms with E-state index >= 15 is 0 Å². The fraction of sp³-hybridized carbons (Fsp3) is 0.636. The average molecular weight is 166 g/mol. The molecule has 1 aliphatic carbocycles. The highest BCUT2D eigenvalue weighted by Gasteiger charge is 2.15. The molecular formula is C11H18O. The highest BCUT2D eigenvalue weighted by atomic mass is 16.5. The van der Waals surface area contributed by atoms with E-state index in [1.165, 1.54) is 5.57 Å². The van der Waals surface area contributed by atoms with Gasteiger partial charge in [-0.25, -0.2) is 0 Å². The van der Waals surface area contributed by atoms with E-state index in [2.05, 4.69) is 39.0 Å². The molecule has 0 spiro atoms. The van der Waals surface area contributed by atoms with Gasteiger partial charge in [-0.15, -0.1) is 0 Å². The third-order valence-electron chi connectivity index (χ3n) is 2.12. The van der Waals surface area contributed by atoms with Crippen LogP contribution in [-0.4, -0.2) is 12.7 Å². The van der Waals surface area contributed by atoms with E-state index in [0.29, 0.717) is 12.0 Å². The minimum Gasteiger partial charge on any atom is -0.374 e. The summed E-state index contributed by atoms with van der Waals surface area (Å²) in [7, 11) is 0. The molecule has 0 aromatic heterocycles. The third kappa shape index (κ3) is 2.49. The molecule has 0 amide bonds. The summed E-state index contributed by atoms with van der Waals surface area (Å²) in [5.41, 5.74) is 1.31. The Kier molecular flexibility index (Phi) is 3.54. The number of hydrogen-bond acceptors (Lipinski definition) is 1. The second-order valence-electron chi connectivity index (χ2n) is 3.46. The summed E-state index contributed by atoms with van der Waals surface area (Å²) in [4.78, 5) is 0. The van der Waals surface area contributed by atoms with Crippen molar-refractivity contribution >= 4 is 0 Å². The van der Waals surface area contributed by atoms with Crippen molar-refractivity contribution in [1.29, 1.82) is 0 Å². The zero-order valence-electron chi connectivity index (χ0n) is 8.21. The molecule has 0 heterocycles. The van der Waals surface area contributed by atoms with Crippen LogP contribution in [0, 0.1) is 5.92 Å². The lowest BCUT2D eigenvalue weighted by molar-refractivity contribution is 0.0617. The molecule has 1 heteroatoms. The highest BCUT2D eigenvalue weighted by molar-refractivity contribution is 5.24. The van der Waals surface area contributed by atoms with Crippen LogP contribution in [0.4, 0.5) is 0 Å². The normalized spacial score (nSPS) is 28.8. The summed E-state index contributed by atoms with van der Waals surface area (Å²) < 4.78 is 5.69. The van der Waals surface area contributed by atoms with Crippen molar-refractivity contribution in [3.8, 4) is 0 Å². The van der Waals surface area contributed by atoms with E-state index in [9.17, 15) is 0 Å². The minimum atomic E-state index is 0.301. The molecule has 0 saturated heterocycles. The van der Waals surface area contributed by atoms with Crippen molar-refractivity contribution in [3.63, 3.8) is 0 Å². The Morgan fingerprint density at radius 3 is 2.92 bits per heavy atom. The second kappa shape index (κ2) is 4.46. The first-order chi connectivity index (χ1) is 5.74. The van der Waals surface area contributed by atoms with Crippen molar-refractivity contribution < 1.29 is 4.74 Å². The van der Waals surface area contributed by atoms with Crippen molar-refractivity contribution in [2.75, 3.05) is 6.61 Å². The van der Waals surface area contributed by atoms with Gasteiger partial charge >= 0.3 is 0 Å². The minimum absolute atomic E-state index is 0.301. The lowest BCUT2D eigenvalue weighted by Crippen LogP contribution is -2.20. The fourth-order valence-electron chi connectivity index (χ4n) is 1.33. The van der Waals surface area contributed by atoms with E-state index < -0.39 is 0 Å². The first-order valence-corrected chi connectivity index (χ1v) is 4.72. The Morgan fingerprint density at radius 2 is 2.25 bits per heavy atom. The maximum Gasteiger partial charge on any atom is 0.0821 e. The van der Waals surface area contributed by atoms with Gasteiger partial charge in [-0.05, 0) is 13.3 Å². The molecule has 0 saturated carbocycles. The van der Waals surface area contributed by atoms with Gasteiger partial charge < -0.3 is 4.74 Å². The Bertz CT molecular complexity index is 191. The molecule has 0 radical (unpaired) electrons. The maximum absolute atomic E-state index is 5.69. The molecule has 68 valence electrons. The predicted octanol–water partition coefficient (Wildman–Crippen LogP) is 2.93. The zero-order chi connectivity index (χ0) is 8.97. The topological polar surface area (TPSA) is 9.23 Å². The molecule has 0 bridgehead atoms. The molecule has 1 aliphatic rings. The Balaban J connectivity index is 2.47. The summed E-state index contributed by atoms with van der Waals surface area (Å²) in [6.45, 7) is 7.32. The van der Waals surface area contributed by atoms with E-state index in [4.69, 9.17) is 4.74 Å². The molecule has 0 aromatic rings. The van der Waals surface area contributed by atoms with Crippen LogP contribution in [0.3, 0.4) is 0 Å². The van der Waals surface area contributed by atoms with Crippen LogP contribution in [0.25, 0.3) is 0 Å². The highest BCUT2D eigenvalue weighted by Crippen LogP contribution is 2.18. The smallest absolute Gasteiger partial charge is 0.0821 e. The lowest BCUT2D eigenvalue weighted by atomic mass is 9.96. The van der Waals surface area contributed by atoms with Crippen LogP contribution in [0.1, 0.15) is 27.2 Å². The lowest BCUT2D eigenvalue weighted by Gasteiger charge is -2.22. The van der Waals surface area contributed by atoms with E-state index in [1.807, 2.05) is 0 Å². The predicted molar refractivity (Wildman–Crippen MR) is 52.1 cm³/mol. The molecule has 12 heavy (non-hydrogen) atoms. The fourth-order valence-corrected chi connectivity index (χ4v) is 1.33. The van der Waals surface area contributed by atoms with Crippen LogP contribution < -0.4 is 0 Å². The zero-order valence-corrected chi connectivity index (χ0v) is 8.21. The van der Waals surface area contributed by atoms with Gasteiger partial charge in [0.1, 0.15) is 0 Å². The SMILES string of the molecule is CCCOC1C=C(C)C=CC1C. The van der Waals surface area contributed by atoms with Crippen molar-refractivity contribution in [2.24, 2.45) is 5.92 Å². The first kappa shape index (κ1) is 9.53. The van der Waals surface area contributed by atoms with Crippen LogP contribution in [-0.2, 0) is 4.74 Å². The molecule has 2 unspecified atom stereocenters. The first-order valence-electron chi connectivity index (χ1n) is 4.72. The van der Waals surface area contributed by atoms with Crippen LogP contribution in [0.5, 0.6) is 0 Å². The van der Waals surface area contributed by atoms with E-state index in [-0.39, 0.29) is 0 Å². The summed E-state index contributed by atoms with van der Waals surface area (Å²) in [5, 5.41) is 0. The monoisotopic (exact) mass is 166 g/mol. The van der Waals surface area contributed by atoms with Gasteiger partial charge in [0.2, 0.25) is 0 Å². The van der Waals surface area contributed by atoms with Gasteiger partial charge in [-0.3, -0.25) is 0 Å². The van der Waals surface area contributed by atoms with Crippen molar-refractivity contribution in [2.45, 2.75) is 33.3 Å². The van der Waals surface area contributed by atoms with Gasteiger partial charge in [0.15, 0.2) is 0 Å². The summed E-state index contributed by atoms with van der Waals surface area (Å²) in [6, 6.07) is 0. The number of ether oxygens (including phenoxy) is 1. The van der Waals surface area contributed by atoms with Crippen molar-refractivity contribution in [1.82, 2.24) is 0 Å². The summed E-state index contributed by atoms with van der Waals surface area (Å²) >= 11 is 0. The van der Waals surface area contributed by atoms with Crippen LogP contribution >= 0.6 is 0 Å². The van der Waals surface area contributed by atoms with Gasteiger partial charge in [-0.2, -0.15) is 0 Å². The molecule has 2 atom stereocenters. The Morgan fingerprint density at radius 1 is 1.50 bits per heavy atom. The molecule has 1 nitrogen and oxygen atoms in total. The largest absolute Gasteiger partial charge is 0.374 e. The molecule has 0 aromatic carbocycles. The Hall–Kier alpha value is -0.560. The molecule has 0 fully saturated rings. The molecule has 0 N–H and O–H groups in total. The number of rotatable bonds is 3. The quantitative estimate of drug-likeness (QED) is 0.626. The summed E-state index contributed by atoms with van der Waals surface area (Å²) in [6.07, 6.45) is 7.99. The molecule has 1 rings (SSSR count). The summed E-state index contributed by atoms with van der Waals surface area (Å²) in [5.74, 6) is 0.528. The third-order valence-corrected chi connectivity index (χ3v) is 2.12. The van der Waals surface area contributed by atoms with Gasteiger partial charge in [0.05, 0.1) is 6.10 Å². The van der Waals surface area contributed by atoms with Gasteiger partial charge in [-0.1, -0.05) is 37.6 Å². The average Bonchev–Trinajstić information content (AvgIpc) is 2.07. The number of hydrogen-bond donors (Lipinski definition) is 0. The van der Waals surface area contributed by atoms with E-state index in [1.54, 1.807) is 0 Å². The van der Waals surface area contributed by atoms with Crippen LogP contribution in [0.2, 0.25) is 0 Å². The van der Waals surface area contributed by atoms with Crippen LogP contribution in [0.15, 0.2) is 23.8 Å². The molecular weight excluding hydrogens is 148 g/mol. The second-order valence-corrected chi connectivity index (χ2v) is 3.46. The van der Waals surface area contributed by atoms with Gasteiger partial charge in [0, 0.05) is 12.5 Å². The van der Waals surface area contributed by atoms with Gasteiger partial charge in [0.25, 0.3) is 0 Å². The standard InChI is InChI=1S/C11H18O/c1-4-7-12-11-8-9(2)5-6-10(11)3/h5-6,8,10-11H,4,7H2,1-3H3. The number of allylic oxidation sites excluding steroid dienone is 2. The van der Waals surface area contributed by atoms with E-state index in [0.717, 1.165) is 13.0 Å². The van der Waals surface area contributed by atoms with Crippen molar-refractivity contribution in [3.05, 3.63) is 23.8 Å².